The summed E-state index contributed by atoms with van der Waals surface area (Å²) in [5.41, 5.74) is 0.730. The summed E-state index contributed by atoms with van der Waals surface area (Å²) in [6.07, 6.45) is 0. The predicted molar refractivity (Wildman–Crippen MR) is 73.5 cm³/mol. The first kappa shape index (κ1) is 14.9. The molecule has 0 bridgehead atoms. The van der Waals surface area contributed by atoms with Gasteiger partial charge in [-0.3, -0.25) is 0 Å². The van der Waals surface area contributed by atoms with Crippen molar-refractivity contribution in [3.05, 3.63) is 27.7 Å². The Bertz CT molecular complexity index is 436. The largest absolute Gasteiger partial charge is 0.495 e. The Morgan fingerprint density at radius 2 is 2.06 bits per heavy atom. The lowest BCUT2D eigenvalue weighted by molar-refractivity contribution is 0.238. The minimum atomic E-state index is -0.247. The van der Waals surface area contributed by atoms with Gasteiger partial charge in [0.05, 0.1) is 12.1 Å². The molecule has 2 N–H and O–H groups in total. The molecular weight excluding hydrogens is 275 g/mol. The molecular formula is C12H16Cl2N2O2. The summed E-state index contributed by atoms with van der Waals surface area (Å²) < 4.78 is 5.18. The molecule has 0 aliphatic rings. The van der Waals surface area contributed by atoms with E-state index in [0.717, 1.165) is 5.56 Å². The van der Waals surface area contributed by atoms with Gasteiger partial charge in [0.25, 0.3) is 0 Å². The smallest absolute Gasteiger partial charge is 0.315 e. The minimum absolute atomic E-state index is 0.0786. The highest BCUT2D eigenvalue weighted by Crippen LogP contribution is 2.31. The second-order valence-electron chi connectivity index (χ2n) is 4.06. The molecule has 1 rings (SSSR count). The number of urea groups is 1. The van der Waals surface area contributed by atoms with Gasteiger partial charge >= 0.3 is 6.03 Å². The Morgan fingerprint density at radius 1 is 1.39 bits per heavy atom. The second-order valence-corrected chi connectivity index (χ2v) is 4.91. The number of carbonyl (C=O) groups is 1. The number of amides is 2. The van der Waals surface area contributed by atoms with Crippen LogP contribution in [0.3, 0.4) is 0 Å². The maximum atomic E-state index is 11.5. The zero-order valence-electron chi connectivity index (χ0n) is 10.5. The second kappa shape index (κ2) is 6.71. The van der Waals surface area contributed by atoms with Gasteiger partial charge in [-0.2, -0.15) is 0 Å². The molecule has 0 aromatic heterocycles. The van der Waals surface area contributed by atoms with Crippen molar-refractivity contribution in [2.75, 3.05) is 7.11 Å². The van der Waals surface area contributed by atoms with Gasteiger partial charge in [-0.25, -0.2) is 4.79 Å². The highest BCUT2D eigenvalue weighted by atomic mass is 35.5. The third kappa shape index (κ3) is 4.27. The van der Waals surface area contributed by atoms with Crippen LogP contribution in [0, 0.1) is 0 Å². The predicted octanol–water partition coefficient (Wildman–Crippen LogP) is 3.21. The molecule has 1 aromatic carbocycles. The zero-order valence-corrected chi connectivity index (χ0v) is 12.0. The number of benzene rings is 1. The van der Waals surface area contributed by atoms with Crippen LogP contribution in [-0.2, 0) is 6.54 Å². The Balaban J connectivity index is 2.75. The fourth-order valence-electron chi connectivity index (χ4n) is 1.46. The average Bonchev–Trinajstić information content (AvgIpc) is 2.24. The van der Waals surface area contributed by atoms with Crippen molar-refractivity contribution in [1.82, 2.24) is 10.6 Å². The Hall–Kier alpha value is -1.13. The van der Waals surface area contributed by atoms with Crippen LogP contribution < -0.4 is 15.4 Å². The number of hydrogen-bond acceptors (Lipinski definition) is 2. The number of carbonyl (C=O) groups excluding carboxylic acids is 1. The molecule has 0 heterocycles. The van der Waals surface area contributed by atoms with Gasteiger partial charge in [0.1, 0.15) is 5.75 Å². The molecule has 0 aliphatic carbocycles. The van der Waals surface area contributed by atoms with Crippen molar-refractivity contribution < 1.29 is 9.53 Å². The first-order chi connectivity index (χ1) is 8.43. The lowest BCUT2D eigenvalue weighted by Gasteiger charge is -2.13. The van der Waals surface area contributed by atoms with Gasteiger partial charge in [-0.05, 0) is 26.0 Å². The maximum absolute atomic E-state index is 11.5. The summed E-state index contributed by atoms with van der Waals surface area (Å²) in [5, 5.41) is 6.36. The standard InChI is InChI=1S/C12H16Cl2N2O2/c1-7(2)16-12(17)15-6-8-4-9(13)5-10(14)11(8)18-3/h4-5,7H,6H2,1-3H3,(H2,15,16,17). The van der Waals surface area contributed by atoms with E-state index in [-0.39, 0.29) is 12.1 Å². The molecule has 0 atom stereocenters. The number of methoxy groups -OCH3 is 1. The van der Waals surface area contributed by atoms with E-state index in [1.807, 2.05) is 13.8 Å². The molecule has 4 nitrogen and oxygen atoms in total. The third-order valence-corrected chi connectivity index (χ3v) is 2.65. The van der Waals surface area contributed by atoms with Gasteiger partial charge in [0.2, 0.25) is 0 Å². The number of rotatable bonds is 4. The average molecular weight is 291 g/mol. The molecule has 0 spiro atoms. The van der Waals surface area contributed by atoms with Crippen molar-refractivity contribution in [1.29, 1.82) is 0 Å². The van der Waals surface area contributed by atoms with E-state index >= 15 is 0 Å². The van der Waals surface area contributed by atoms with Crippen LogP contribution in [0.5, 0.6) is 5.75 Å². The number of nitrogens with one attached hydrogen (secondary N) is 2. The van der Waals surface area contributed by atoms with Gasteiger partial charge in [0, 0.05) is 23.2 Å². The molecule has 100 valence electrons. The van der Waals surface area contributed by atoms with E-state index in [4.69, 9.17) is 27.9 Å². The van der Waals surface area contributed by atoms with Crippen molar-refractivity contribution in [3.8, 4) is 5.75 Å². The fourth-order valence-corrected chi connectivity index (χ4v) is 2.08. The van der Waals surface area contributed by atoms with Gasteiger partial charge in [0.15, 0.2) is 0 Å². The van der Waals surface area contributed by atoms with E-state index in [1.165, 1.54) is 7.11 Å². The third-order valence-electron chi connectivity index (χ3n) is 2.15. The van der Waals surface area contributed by atoms with E-state index in [2.05, 4.69) is 10.6 Å². The Morgan fingerprint density at radius 3 is 2.61 bits per heavy atom. The molecule has 18 heavy (non-hydrogen) atoms. The number of ether oxygens (including phenoxy) is 1. The quantitative estimate of drug-likeness (QED) is 0.895. The lowest BCUT2D eigenvalue weighted by atomic mass is 10.2. The monoisotopic (exact) mass is 290 g/mol. The molecule has 0 fully saturated rings. The highest BCUT2D eigenvalue weighted by molar-refractivity contribution is 6.35. The molecule has 0 saturated carbocycles. The van der Waals surface area contributed by atoms with Crippen LogP contribution in [0.2, 0.25) is 10.0 Å². The van der Waals surface area contributed by atoms with E-state index < -0.39 is 0 Å². The molecule has 2 amide bonds. The maximum Gasteiger partial charge on any atom is 0.315 e. The van der Waals surface area contributed by atoms with Gasteiger partial charge in [-0.1, -0.05) is 23.2 Å². The van der Waals surface area contributed by atoms with Crippen LogP contribution in [0.4, 0.5) is 4.79 Å². The summed E-state index contributed by atoms with van der Waals surface area (Å²) in [5.74, 6) is 0.519. The number of hydrogen-bond donors (Lipinski definition) is 2. The van der Waals surface area contributed by atoms with Crippen LogP contribution in [0.1, 0.15) is 19.4 Å². The van der Waals surface area contributed by atoms with Gasteiger partial charge < -0.3 is 15.4 Å². The Kier molecular flexibility index (Phi) is 5.56. The van der Waals surface area contributed by atoms with E-state index in [1.54, 1.807) is 12.1 Å². The molecule has 0 aliphatic heterocycles. The zero-order chi connectivity index (χ0) is 13.7. The lowest BCUT2D eigenvalue weighted by Crippen LogP contribution is -2.39. The normalized spacial score (nSPS) is 10.3. The Labute approximate surface area is 117 Å². The summed E-state index contributed by atoms with van der Waals surface area (Å²) in [7, 11) is 1.52. The summed E-state index contributed by atoms with van der Waals surface area (Å²) in [6, 6.07) is 3.14. The van der Waals surface area contributed by atoms with E-state index in [0.29, 0.717) is 22.3 Å². The molecule has 0 radical (unpaired) electrons. The highest BCUT2D eigenvalue weighted by Gasteiger charge is 2.11. The minimum Gasteiger partial charge on any atom is -0.495 e. The molecule has 6 heteroatoms. The number of halogens is 2. The summed E-state index contributed by atoms with van der Waals surface area (Å²) in [6.45, 7) is 4.06. The van der Waals surface area contributed by atoms with E-state index in [9.17, 15) is 4.79 Å². The first-order valence-electron chi connectivity index (χ1n) is 5.50. The van der Waals surface area contributed by atoms with Crippen LogP contribution in [0.25, 0.3) is 0 Å². The first-order valence-corrected chi connectivity index (χ1v) is 6.26. The summed E-state index contributed by atoms with van der Waals surface area (Å²) in [4.78, 5) is 11.5. The molecule has 0 saturated heterocycles. The van der Waals surface area contributed by atoms with Crippen LogP contribution >= 0.6 is 23.2 Å². The molecule has 0 unspecified atom stereocenters. The van der Waals surface area contributed by atoms with Gasteiger partial charge in [-0.15, -0.1) is 0 Å². The summed E-state index contributed by atoms with van der Waals surface area (Å²) >= 11 is 11.9. The SMILES string of the molecule is COc1c(Cl)cc(Cl)cc1CNC(=O)NC(C)C. The van der Waals surface area contributed by atoms with Crippen LogP contribution in [0.15, 0.2) is 12.1 Å². The topological polar surface area (TPSA) is 50.4 Å². The van der Waals surface area contributed by atoms with Crippen molar-refractivity contribution >= 4 is 29.2 Å². The van der Waals surface area contributed by atoms with Crippen molar-refractivity contribution in [3.63, 3.8) is 0 Å². The van der Waals surface area contributed by atoms with Crippen molar-refractivity contribution in [2.45, 2.75) is 26.4 Å². The molecule has 1 aromatic rings. The van der Waals surface area contributed by atoms with Crippen molar-refractivity contribution in [2.24, 2.45) is 0 Å². The van der Waals surface area contributed by atoms with Crippen LogP contribution in [-0.4, -0.2) is 19.2 Å². The fraction of sp³-hybridized carbons (Fsp3) is 0.417.